The summed E-state index contributed by atoms with van der Waals surface area (Å²) < 4.78 is 43.2. The lowest BCUT2D eigenvalue weighted by atomic mass is 10.0. The molecular formula is C17H12F3N3O. The number of halogens is 3. The SMILES string of the molecule is COc1ncc(-c2ccc(-c3cccc(C(F)(F)F)c3)cc2)nn1. The topological polar surface area (TPSA) is 47.9 Å². The molecule has 0 N–H and O–H groups in total. The Morgan fingerprint density at radius 3 is 2.17 bits per heavy atom. The molecule has 0 saturated carbocycles. The predicted octanol–water partition coefficient (Wildman–Crippen LogP) is 4.23. The van der Waals surface area contributed by atoms with Crippen molar-refractivity contribution < 1.29 is 17.9 Å². The summed E-state index contributed by atoms with van der Waals surface area (Å²) in [5.74, 6) is 0. The summed E-state index contributed by atoms with van der Waals surface area (Å²) in [7, 11) is 1.44. The van der Waals surface area contributed by atoms with Crippen LogP contribution in [0, 0.1) is 0 Å². The molecule has 0 fully saturated rings. The number of alkyl halides is 3. The highest BCUT2D eigenvalue weighted by Crippen LogP contribution is 2.32. The largest absolute Gasteiger partial charge is 0.466 e. The molecule has 0 aliphatic carbocycles. The minimum atomic E-state index is -4.36. The molecule has 3 aromatic rings. The van der Waals surface area contributed by atoms with E-state index in [0.29, 0.717) is 16.8 Å². The van der Waals surface area contributed by atoms with E-state index < -0.39 is 11.7 Å². The molecule has 1 aromatic heterocycles. The van der Waals surface area contributed by atoms with Gasteiger partial charge in [-0.3, -0.25) is 0 Å². The van der Waals surface area contributed by atoms with Crippen LogP contribution in [0.4, 0.5) is 13.2 Å². The molecular weight excluding hydrogens is 319 g/mol. The lowest BCUT2D eigenvalue weighted by molar-refractivity contribution is -0.137. The minimum Gasteiger partial charge on any atom is -0.466 e. The second kappa shape index (κ2) is 6.27. The molecule has 7 heteroatoms. The number of methoxy groups -OCH3 is 1. The molecule has 0 saturated heterocycles. The molecule has 24 heavy (non-hydrogen) atoms. The van der Waals surface area contributed by atoms with Crippen molar-refractivity contribution in [3.05, 3.63) is 60.3 Å². The molecule has 0 amide bonds. The zero-order valence-corrected chi connectivity index (χ0v) is 12.6. The third-order valence-corrected chi connectivity index (χ3v) is 3.43. The van der Waals surface area contributed by atoms with Crippen LogP contribution < -0.4 is 4.74 Å². The fourth-order valence-electron chi connectivity index (χ4n) is 2.20. The monoisotopic (exact) mass is 331 g/mol. The lowest BCUT2D eigenvalue weighted by Gasteiger charge is -2.09. The Morgan fingerprint density at radius 1 is 0.875 bits per heavy atom. The fraction of sp³-hybridized carbons (Fsp3) is 0.118. The summed E-state index contributed by atoms with van der Waals surface area (Å²) in [4.78, 5) is 3.97. The first-order chi connectivity index (χ1) is 11.5. The van der Waals surface area contributed by atoms with Crippen LogP contribution in [-0.2, 0) is 6.18 Å². The van der Waals surface area contributed by atoms with Crippen molar-refractivity contribution in [3.8, 4) is 28.4 Å². The molecule has 0 bridgehead atoms. The van der Waals surface area contributed by atoms with Gasteiger partial charge in [-0.25, -0.2) is 4.98 Å². The van der Waals surface area contributed by atoms with Crippen LogP contribution in [0.1, 0.15) is 5.56 Å². The Balaban J connectivity index is 1.89. The van der Waals surface area contributed by atoms with Crippen LogP contribution >= 0.6 is 0 Å². The summed E-state index contributed by atoms with van der Waals surface area (Å²) in [6.07, 6.45) is -2.84. The zero-order valence-electron chi connectivity index (χ0n) is 12.6. The summed E-state index contributed by atoms with van der Waals surface area (Å²) in [6.45, 7) is 0. The maximum absolute atomic E-state index is 12.8. The van der Waals surface area contributed by atoms with Crippen LogP contribution in [-0.4, -0.2) is 22.3 Å². The van der Waals surface area contributed by atoms with E-state index >= 15 is 0 Å². The molecule has 0 atom stereocenters. The third-order valence-electron chi connectivity index (χ3n) is 3.43. The van der Waals surface area contributed by atoms with Gasteiger partial charge in [-0.1, -0.05) is 41.5 Å². The molecule has 0 spiro atoms. The minimum absolute atomic E-state index is 0.166. The van der Waals surface area contributed by atoms with Gasteiger partial charge in [0.15, 0.2) is 0 Å². The molecule has 2 aromatic carbocycles. The highest BCUT2D eigenvalue weighted by atomic mass is 19.4. The summed E-state index contributed by atoms with van der Waals surface area (Å²) in [5.41, 5.74) is 1.81. The average Bonchev–Trinajstić information content (AvgIpc) is 2.61. The van der Waals surface area contributed by atoms with Crippen LogP contribution in [0.2, 0.25) is 0 Å². The first-order valence-electron chi connectivity index (χ1n) is 6.99. The Morgan fingerprint density at radius 2 is 1.58 bits per heavy atom. The van der Waals surface area contributed by atoms with Crippen molar-refractivity contribution in [2.75, 3.05) is 7.11 Å². The number of hydrogen-bond acceptors (Lipinski definition) is 4. The number of ether oxygens (including phenoxy) is 1. The predicted molar refractivity (Wildman–Crippen MR) is 82.3 cm³/mol. The van der Waals surface area contributed by atoms with E-state index in [-0.39, 0.29) is 6.01 Å². The van der Waals surface area contributed by atoms with Gasteiger partial charge < -0.3 is 4.74 Å². The highest BCUT2D eigenvalue weighted by molar-refractivity contribution is 5.69. The third kappa shape index (κ3) is 3.34. The van der Waals surface area contributed by atoms with Crippen molar-refractivity contribution in [2.45, 2.75) is 6.18 Å². The normalized spacial score (nSPS) is 11.3. The second-order valence-electron chi connectivity index (χ2n) is 4.99. The summed E-state index contributed by atoms with van der Waals surface area (Å²) in [5, 5.41) is 7.77. The molecule has 0 aliphatic rings. The Labute approximate surface area is 136 Å². The number of nitrogens with zero attached hydrogens (tertiary/aromatic N) is 3. The molecule has 122 valence electrons. The van der Waals surface area contributed by atoms with Crippen LogP contribution in [0.3, 0.4) is 0 Å². The quantitative estimate of drug-likeness (QED) is 0.720. The van der Waals surface area contributed by atoms with Gasteiger partial charge in [0.1, 0.15) is 5.69 Å². The first-order valence-corrected chi connectivity index (χ1v) is 6.99. The maximum Gasteiger partial charge on any atom is 0.416 e. The van der Waals surface area contributed by atoms with Gasteiger partial charge in [0.2, 0.25) is 0 Å². The lowest BCUT2D eigenvalue weighted by Crippen LogP contribution is -2.04. The van der Waals surface area contributed by atoms with Gasteiger partial charge in [0, 0.05) is 5.56 Å². The van der Waals surface area contributed by atoms with Crippen LogP contribution in [0.25, 0.3) is 22.4 Å². The van der Waals surface area contributed by atoms with E-state index in [1.165, 1.54) is 19.4 Å². The smallest absolute Gasteiger partial charge is 0.416 e. The number of hydrogen-bond donors (Lipinski definition) is 0. The molecule has 0 radical (unpaired) electrons. The van der Waals surface area contributed by atoms with Crippen molar-refractivity contribution in [3.63, 3.8) is 0 Å². The van der Waals surface area contributed by atoms with Gasteiger partial charge in [-0.15, -0.1) is 5.10 Å². The fourth-order valence-corrected chi connectivity index (χ4v) is 2.20. The van der Waals surface area contributed by atoms with E-state index in [0.717, 1.165) is 17.7 Å². The number of aromatic nitrogens is 3. The van der Waals surface area contributed by atoms with Crippen molar-refractivity contribution >= 4 is 0 Å². The molecule has 0 aliphatic heterocycles. The average molecular weight is 331 g/mol. The highest BCUT2D eigenvalue weighted by Gasteiger charge is 2.30. The standard InChI is InChI=1S/C17H12F3N3O/c1-24-16-21-10-15(22-23-16)12-7-5-11(6-8-12)13-3-2-4-14(9-13)17(18,19)20/h2-10H,1H3. The van der Waals surface area contributed by atoms with Gasteiger partial charge in [-0.05, 0) is 23.3 Å². The van der Waals surface area contributed by atoms with E-state index in [1.807, 2.05) is 0 Å². The van der Waals surface area contributed by atoms with Crippen LogP contribution in [0.15, 0.2) is 54.7 Å². The van der Waals surface area contributed by atoms with Gasteiger partial charge in [0.05, 0.1) is 18.9 Å². The first kappa shape index (κ1) is 15.9. The van der Waals surface area contributed by atoms with E-state index in [4.69, 9.17) is 4.74 Å². The van der Waals surface area contributed by atoms with Crippen molar-refractivity contribution in [1.29, 1.82) is 0 Å². The van der Waals surface area contributed by atoms with Crippen molar-refractivity contribution in [1.82, 2.24) is 15.2 Å². The summed E-state index contributed by atoms with van der Waals surface area (Å²) in [6, 6.07) is 12.4. The summed E-state index contributed by atoms with van der Waals surface area (Å²) >= 11 is 0. The van der Waals surface area contributed by atoms with Gasteiger partial charge in [0.25, 0.3) is 0 Å². The van der Waals surface area contributed by atoms with E-state index in [9.17, 15) is 13.2 Å². The molecule has 1 heterocycles. The van der Waals surface area contributed by atoms with Gasteiger partial charge >= 0.3 is 12.2 Å². The number of benzene rings is 2. The maximum atomic E-state index is 12.8. The van der Waals surface area contributed by atoms with Crippen molar-refractivity contribution in [2.24, 2.45) is 0 Å². The van der Waals surface area contributed by atoms with Gasteiger partial charge in [-0.2, -0.15) is 13.2 Å². The number of rotatable bonds is 3. The Kier molecular flexibility index (Phi) is 4.16. The van der Waals surface area contributed by atoms with Crippen LogP contribution in [0.5, 0.6) is 6.01 Å². The Hall–Kier alpha value is -2.96. The van der Waals surface area contributed by atoms with E-state index in [2.05, 4.69) is 15.2 Å². The Bertz CT molecular complexity index is 831. The van der Waals surface area contributed by atoms with E-state index in [1.54, 1.807) is 30.3 Å². The molecule has 0 unspecified atom stereocenters. The molecule has 4 nitrogen and oxygen atoms in total. The molecule has 3 rings (SSSR count). The second-order valence-corrected chi connectivity index (χ2v) is 4.99. The zero-order chi connectivity index (χ0) is 17.2.